The molecule has 6 aromatic carbocycles. The lowest BCUT2D eigenvalue weighted by Crippen LogP contribution is -2.47. The number of hydrogen-bond acceptors (Lipinski definition) is 24. The van der Waals surface area contributed by atoms with Crippen LogP contribution in [0.5, 0.6) is 17.2 Å². The number of anilines is 5. The molecule has 104 heavy (non-hydrogen) atoms. The van der Waals surface area contributed by atoms with E-state index in [2.05, 4.69) is 50.0 Å². The largest absolute Gasteiger partial charge is 0.496 e. The first-order valence-electron chi connectivity index (χ1n) is 33.0. The zero-order valence-electron chi connectivity index (χ0n) is 56.2. The SMILES string of the molecule is COc1ccc(N(C(=O)n2nnn(-c3cccc(N)c3N)c2=O)C2CCCCC2)cc1C(=O)O.COc1ccc(N(C(=O)n2nnn(-c3cccc4[nH]cnc34)c2=O)C2CCCCC2)cc1C(=O)O.COc1ccc(N(C(=O)n2nnn(-c3cccc4nsnc34)c2=O)C2CCCCC2)cc1C(=O)O. The summed E-state index contributed by atoms with van der Waals surface area (Å²) in [5, 5.41) is 52.1. The van der Waals surface area contributed by atoms with E-state index < -0.39 is 53.1 Å². The molecule has 0 atom stereocenters. The average Bonchev–Trinajstić information content (AvgIpc) is 1.65. The van der Waals surface area contributed by atoms with Crippen LogP contribution in [0, 0.1) is 0 Å². The molecule has 0 spiro atoms. The molecule has 0 aliphatic heterocycles. The summed E-state index contributed by atoms with van der Waals surface area (Å²) in [6.07, 6.45) is 14.4. The van der Waals surface area contributed by atoms with Crippen molar-refractivity contribution in [1.82, 2.24) is 78.1 Å². The maximum Gasteiger partial charge on any atom is 0.377 e. The summed E-state index contributed by atoms with van der Waals surface area (Å²) >= 11 is 1.00. The van der Waals surface area contributed by atoms with E-state index in [9.17, 15) is 58.5 Å². The molecule has 3 aliphatic carbocycles. The van der Waals surface area contributed by atoms with Crippen molar-refractivity contribution in [3.05, 3.63) is 164 Å². The van der Waals surface area contributed by atoms with Crippen LogP contribution >= 0.6 is 11.7 Å². The number of carboxylic acid groups (broad SMARTS) is 3. The molecule has 0 radical (unpaired) electrons. The second-order valence-corrected chi connectivity index (χ2v) is 25.0. The van der Waals surface area contributed by atoms with Gasteiger partial charge < -0.3 is 46.0 Å². The summed E-state index contributed by atoms with van der Waals surface area (Å²) < 4.78 is 28.8. The number of carboxylic acids is 3. The molecule has 14 rings (SSSR count). The van der Waals surface area contributed by atoms with Crippen molar-refractivity contribution in [3.63, 3.8) is 0 Å². The predicted octanol–water partition coefficient (Wildman–Crippen LogP) is 7.88. The van der Waals surface area contributed by atoms with E-state index in [4.69, 9.17) is 25.7 Å². The summed E-state index contributed by atoms with van der Waals surface area (Å²) in [7, 11) is 4.12. The van der Waals surface area contributed by atoms with Crippen molar-refractivity contribution in [1.29, 1.82) is 0 Å². The molecule has 5 heterocycles. The number of carbonyl (C=O) groups excluding carboxylic acids is 3. The first-order valence-corrected chi connectivity index (χ1v) is 33.7. The van der Waals surface area contributed by atoms with Crippen LogP contribution in [-0.4, -0.2) is 169 Å². The number of carbonyl (C=O) groups is 6. The minimum Gasteiger partial charge on any atom is -0.496 e. The number of nitrogens with one attached hydrogen (secondary N) is 1. The van der Waals surface area contributed by atoms with Crippen molar-refractivity contribution >= 4 is 98.2 Å². The summed E-state index contributed by atoms with van der Waals surface area (Å²) in [4.78, 5) is 128. The number of tetrazole rings is 3. The Bertz CT molecular complexity index is 5030. The van der Waals surface area contributed by atoms with Crippen LogP contribution in [0.3, 0.4) is 0 Å². The number of H-pyrrole nitrogens is 1. The van der Waals surface area contributed by atoms with Gasteiger partial charge >= 0.3 is 53.1 Å². The Morgan fingerprint density at radius 2 is 0.827 bits per heavy atom. The Hall–Kier alpha value is -13.0. The molecule has 3 amide bonds. The Morgan fingerprint density at radius 1 is 0.462 bits per heavy atom. The van der Waals surface area contributed by atoms with Gasteiger partial charge in [-0.15, -0.1) is 14.0 Å². The molecule has 11 aromatic rings. The van der Waals surface area contributed by atoms with Crippen molar-refractivity contribution in [2.24, 2.45) is 0 Å². The number of ether oxygens (including phenoxy) is 3. The summed E-state index contributed by atoms with van der Waals surface area (Å²) in [5.74, 6) is -3.07. The number of nitrogens with zero attached hydrogens (tertiary/aromatic N) is 18. The van der Waals surface area contributed by atoms with E-state index in [1.165, 1.54) is 84.8 Å². The van der Waals surface area contributed by atoms with E-state index in [1.54, 1.807) is 66.7 Å². The molecule has 3 aliphatic rings. The van der Waals surface area contributed by atoms with Crippen LogP contribution < -0.4 is 57.4 Å². The van der Waals surface area contributed by atoms with Gasteiger partial charge in [-0.25, -0.2) is 48.1 Å². The number of imidazole rings is 1. The Labute approximate surface area is 592 Å². The van der Waals surface area contributed by atoms with Crippen LogP contribution in [-0.2, 0) is 0 Å². The van der Waals surface area contributed by atoms with Gasteiger partial charge in [0.15, 0.2) is 0 Å². The highest BCUT2D eigenvalue weighted by Crippen LogP contribution is 2.36. The molecular weight excluding hydrogens is 1370 g/mol. The molecule has 8 N–H and O–H groups in total. The van der Waals surface area contributed by atoms with E-state index in [0.29, 0.717) is 90.2 Å². The van der Waals surface area contributed by atoms with E-state index in [1.807, 2.05) is 0 Å². The minimum atomic E-state index is -1.20. The highest BCUT2D eigenvalue weighted by atomic mass is 32.1. The van der Waals surface area contributed by atoms with E-state index in [-0.39, 0.29) is 69.1 Å². The number of aromatic carboxylic acids is 3. The summed E-state index contributed by atoms with van der Waals surface area (Å²) in [6, 6.07) is 25.6. The molecule has 37 heteroatoms. The van der Waals surface area contributed by atoms with Crippen LogP contribution in [0.1, 0.15) is 127 Å². The van der Waals surface area contributed by atoms with Gasteiger partial charge in [0.1, 0.15) is 56.2 Å². The second-order valence-electron chi connectivity index (χ2n) is 24.4. The number of benzene rings is 6. The average molecular weight is 1440 g/mol. The molecule has 538 valence electrons. The zero-order chi connectivity index (χ0) is 73.5. The first kappa shape index (κ1) is 70.9. The normalized spacial score (nSPS) is 14.1. The van der Waals surface area contributed by atoms with Crippen LogP contribution in [0.25, 0.3) is 39.1 Å². The van der Waals surface area contributed by atoms with Gasteiger partial charge in [-0.2, -0.15) is 22.8 Å². The van der Waals surface area contributed by atoms with Crippen LogP contribution in [0.15, 0.2) is 130 Å². The van der Waals surface area contributed by atoms with Gasteiger partial charge in [0.05, 0.1) is 67.7 Å². The molecule has 0 bridgehead atoms. The number of para-hydroxylation sites is 2. The number of amides is 3. The van der Waals surface area contributed by atoms with Crippen molar-refractivity contribution in [2.45, 2.75) is 114 Å². The van der Waals surface area contributed by atoms with Gasteiger partial charge in [0.25, 0.3) is 0 Å². The maximum absolute atomic E-state index is 13.7. The summed E-state index contributed by atoms with van der Waals surface area (Å²) in [5.41, 5.74) is 13.8. The molecule has 0 unspecified atom stereocenters. The lowest BCUT2D eigenvalue weighted by Gasteiger charge is -2.33. The van der Waals surface area contributed by atoms with E-state index >= 15 is 0 Å². The fourth-order valence-electron chi connectivity index (χ4n) is 13.2. The second kappa shape index (κ2) is 30.9. The fraction of sp³-hybridized carbons (Fsp3) is 0.313. The first-order chi connectivity index (χ1) is 50.3. The molecule has 0 saturated heterocycles. The van der Waals surface area contributed by atoms with Crippen molar-refractivity contribution in [3.8, 4) is 34.3 Å². The number of rotatable bonds is 15. The predicted molar refractivity (Wildman–Crippen MR) is 377 cm³/mol. The third kappa shape index (κ3) is 14.1. The molecule has 5 aromatic heterocycles. The Morgan fingerprint density at radius 3 is 1.22 bits per heavy atom. The lowest BCUT2D eigenvalue weighted by molar-refractivity contribution is 0.0682. The standard InChI is InChI=1S/C23H23N7O5.C22H21N7O5S.C22H25N7O5/c1-35-19-11-10-15(12-16(19)21(31)32)28(14-6-3-2-4-7-14)22(33)30-23(34)29(26-27-30)18-9-5-8-17-20(18)25-13-24-17;1-34-18-11-10-14(12-15(18)20(30)31)27(13-6-3-2-4-7-13)21(32)29-22(33)28(25-26-29)17-9-5-8-16-19(17)24-35-23-16;1-34-18-11-10-14(12-15(18)20(30)31)27(13-6-3-2-4-7-13)21(32)29-22(33)28(25-26-29)17-9-5-8-16(23)19(17)24/h5,8-14H,2-4,6-7H2,1H3,(H,24,25)(H,31,32);5,8-13H,2-4,6-7H2,1H3,(H,30,31);5,8-13H,2-4,6-7,23-24H2,1H3,(H,30,31). The minimum absolute atomic E-state index is 0.0835. The number of nitrogen functional groups attached to an aromatic ring is 2. The number of hydrogen-bond donors (Lipinski definition) is 6. The van der Waals surface area contributed by atoms with E-state index in [0.717, 1.165) is 96.4 Å². The number of aromatic amines is 1. The lowest BCUT2D eigenvalue weighted by atomic mass is 9.94. The monoisotopic (exact) mass is 1440 g/mol. The molecular formula is C67H69N21O15S. The van der Waals surface area contributed by atoms with Gasteiger partial charge in [0.2, 0.25) is 0 Å². The Kier molecular flexibility index (Phi) is 21.0. The van der Waals surface area contributed by atoms with Crippen molar-refractivity contribution in [2.75, 3.05) is 47.5 Å². The number of aromatic nitrogens is 16. The van der Waals surface area contributed by atoms with Gasteiger partial charge in [0, 0.05) is 35.2 Å². The molecule has 36 nitrogen and oxygen atoms in total. The maximum atomic E-state index is 13.7. The third-order valence-corrected chi connectivity index (χ3v) is 18.8. The number of nitrogens with two attached hydrogens (primary N) is 2. The van der Waals surface area contributed by atoms with Gasteiger partial charge in [-0.05, 0) is 161 Å². The quantitative estimate of drug-likeness (QED) is 0.0419. The number of fused-ring (bicyclic) bond motifs is 2. The topological polar surface area (TPSA) is 465 Å². The molecule has 3 saturated carbocycles. The zero-order valence-corrected chi connectivity index (χ0v) is 57.0. The van der Waals surface area contributed by atoms with Crippen LogP contribution in [0.2, 0.25) is 0 Å². The molecule has 3 fully saturated rings. The number of methoxy groups -OCH3 is 3. The van der Waals surface area contributed by atoms with Crippen LogP contribution in [0.4, 0.5) is 42.8 Å². The highest BCUT2D eigenvalue weighted by molar-refractivity contribution is 7.00. The van der Waals surface area contributed by atoms with Crippen molar-refractivity contribution < 1.29 is 58.3 Å². The van der Waals surface area contributed by atoms with Gasteiger partial charge in [-0.1, -0.05) is 76.0 Å². The smallest absolute Gasteiger partial charge is 0.377 e. The highest BCUT2D eigenvalue weighted by Gasteiger charge is 2.36. The van der Waals surface area contributed by atoms with Gasteiger partial charge in [-0.3, -0.25) is 14.7 Å². The summed E-state index contributed by atoms with van der Waals surface area (Å²) in [6.45, 7) is 0. The Balaban J connectivity index is 0.000000147. The third-order valence-electron chi connectivity index (χ3n) is 18.3. The fourth-order valence-corrected chi connectivity index (χ4v) is 13.7.